The minimum absolute atomic E-state index is 0.00283. The van der Waals surface area contributed by atoms with E-state index in [0.29, 0.717) is 5.56 Å². The maximum Gasteiger partial charge on any atom is 0.185 e. The molecule has 5 heteroatoms. The van der Waals surface area contributed by atoms with E-state index in [1.807, 2.05) is 30.3 Å². The van der Waals surface area contributed by atoms with Crippen molar-refractivity contribution in [2.75, 3.05) is 0 Å². The highest BCUT2D eigenvalue weighted by atomic mass is 79.9. The van der Waals surface area contributed by atoms with E-state index >= 15 is 0 Å². The maximum absolute atomic E-state index is 11.9. The van der Waals surface area contributed by atoms with Crippen molar-refractivity contribution < 1.29 is 4.79 Å². The van der Waals surface area contributed by atoms with Crippen molar-refractivity contribution >= 4 is 71.0 Å². The standard InChI is InChI=1S/C13H7Br3OS/c14-9-3-1-2-8(6-9)12(17)5-4-10-7-11(15)13(16)18-10/h1-7H/b5-4+. The Balaban J connectivity index is 2.16. The summed E-state index contributed by atoms with van der Waals surface area (Å²) in [6.07, 6.45) is 3.41. The van der Waals surface area contributed by atoms with Gasteiger partial charge in [0.1, 0.15) is 0 Å². The Kier molecular flexibility index (Phi) is 4.95. The molecule has 2 aromatic rings. The number of thiophene rings is 1. The molecule has 1 heterocycles. The van der Waals surface area contributed by atoms with E-state index in [2.05, 4.69) is 47.8 Å². The van der Waals surface area contributed by atoms with Crippen LogP contribution in [0.25, 0.3) is 6.08 Å². The topological polar surface area (TPSA) is 17.1 Å². The molecule has 2 rings (SSSR count). The summed E-state index contributed by atoms with van der Waals surface area (Å²) in [4.78, 5) is 13.0. The highest BCUT2D eigenvalue weighted by Gasteiger charge is 2.04. The van der Waals surface area contributed by atoms with Crippen LogP contribution in [0.1, 0.15) is 15.2 Å². The zero-order valence-corrected chi connectivity index (χ0v) is 14.6. The van der Waals surface area contributed by atoms with Gasteiger partial charge in [-0.1, -0.05) is 28.1 Å². The van der Waals surface area contributed by atoms with E-state index in [1.165, 1.54) is 0 Å². The molecule has 92 valence electrons. The summed E-state index contributed by atoms with van der Waals surface area (Å²) in [5, 5.41) is 0. The van der Waals surface area contributed by atoms with Crippen molar-refractivity contribution in [1.29, 1.82) is 0 Å². The van der Waals surface area contributed by atoms with Crippen LogP contribution in [-0.4, -0.2) is 5.78 Å². The van der Waals surface area contributed by atoms with Gasteiger partial charge in [0.2, 0.25) is 0 Å². The molecule has 0 bridgehead atoms. The minimum Gasteiger partial charge on any atom is -0.289 e. The summed E-state index contributed by atoms with van der Waals surface area (Å²) >= 11 is 11.8. The number of carbonyl (C=O) groups excluding carboxylic acids is 1. The summed E-state index contributed by atoms with van der Waals surface area (Å²) < 4.78 is 2.93. The van der Waals surface area contributed by atoms with Gasteiger partial charge in [0.05, 0.1) is 3.79 Å². The van der Waals surface area contributed by atoms with Crippen molar-refractivity contribution in [2.24, 2.45) is 0 Å². The number of benzene rings is 1. The number of hydrogen-bond donors (Lipinski definition) is 0. The molecule has 1 aromatic heterocycles. The van der Waals surface area contributed by atoms with Crippen molar-refractivity contribution in [3.63, 3.8) is 0 Å². The van der Waals surface area contributed by atoms with E-state index in [9.17, 15) is 4.79 Å². The quantitative estimate of drug-likeness (QED) is 0.418. The lowest BCUT2D eigenvalue weighted by Gasteiger charge is -1.95. The van der Waals surface area contributed by atoms with Crippen LogP contribution in [0.15, 0.2) is 49.1 Å². The van der Waals surface area contributed by atoms with Crippen LogP contribution in [0, 0.1) is 0 Å². The predicted molar refractivity (Wildman–Crippen MR) is 87.2 cm³/mol. The van der Waals surface area contributed by atoms with Crippen molar-refractivity contribution in [3.05, 3.63) is 59.6 Å². The third-order valence-electron chi connectivity index (χ3n) is 2.17. The van der Waals surface area contributed by atoms with Gasteiger partial charge in [-0.3, -0.25) is 4.79 Å². The molecule has 0 fully saturated rings. The van der Waals surface area contributed by atoms with E-state index in [-0.39, 0.29) is 5.78 Å². The molecule has 0 spiro atoms. The summed E-state index contributed by atoms with van der Waals surface area (Å²) in [5.74, 6) is -0.00283. The second-order valence-electron chi connectivity index (χ2n) is 3.48. The fourth-order valence-corrected chi connectivity index (χ4v) is 3.73. The van der Waals surface area contributed by atoms with Gasteiger partial charge in [0.15, 0.2) is 5.78 Å². The van der Waals surface area contributed by atoms with Gasteiger partial charge in [-0.05, 0) is 62.2 Å². The minimum atomic E-state index is -0.00283. The molecule has 0 aliphatic carbocycles. The highest BCUT2D eigenvalue weighted by molar-refractivity contribution is 9.13. The van der Waals surface area contributed by atoms with Gasteiger partial charge in [0, 0.05) is 19.4 Å². The Morgan fingerprint density at radius 1 is 1.17 bits per heavy atom. The molecule has 0 aliphatic heterocycles. The zero-order chi connectivity index (χ0) is 13.1. The van der Waals surface area contributed by atoms with Crippen molar-refractivity contribution in [2.45, 2.75) is 0 Å². The molecular formula is C13H7Br3OS. The first-order valence-electron chi connectivity index (χ1n) is 4.99. The van der Waals surface area contributed by atoms with Crippen LogP contribution < -0.4 is 0 Å². The third-order valence-corrected chi connectivity index (χ3v) is 5.89. The maximum atomic E-state index is 11.9. The number of carbonyl (C=O) groups is 1. The van der Waals surface area contributed by atoms with Crippen LogP contribution >= 0.6 is 59.1 Å². The lowest BCUT2D eigenvalue weighted by Crippen LogP contribution is -1.92. The van der Waals surface area contributed by atoms with E-state index in [1.54, 1.807) is 23.5 Å². The van der Waals surface area contributed by atoms with Gasteiger partial charge in [-0.15, -0.1) is 11.3 Å². The number of allylic oxidation sites excluding steroid dienone is 1. The van der Waals surface area contributed by atoms with Crippen LogP contribution in [0.2, 0.25) is 0 Å². The monoisotopic (exact) mass is 448 g/mol. The van der Waals surface area contributed by atoms with Gasteiger partial charge in [0.25, 0.3) is 0 Å². The summed E-state index contributed by atoms with van der Waals surface area (Å²) in [5.41, 5.74) is 0.676. The van der Waals surface area contributed by atoms with Crippen molar-refractivity contribution in [1.82, 2.24) is 0 Å². The van der Waals surface area contributed by atoms with Gasteiger partial charge in [-0.25, -0.2) is 0 Å². The molecule has 1 aromatic carbocycles. The SMILES string of the molecule is O=C(/C=C/c1cc(Br)c(Br)s1)c1cccc(Br)c1. The summed E-state index contributed by atoms with van der Waals surface area (Å²) in [6, 6.07) is 9.33. The molecule has 0 amide bonds. The van der Waals surface area contributed by atoms with Crippen molar-refractivity contribution in [3.8, 4) is 0 Å². The Hall–Kier alpha value is -0.230. The number of rotatable bonds is 3. The largest absolute Gasteiger partial charge is 0.289 e. The van der Waals surface area contributed by atoms with E-state index < -0.39 is 0 Å². The van der Waals surface area contributed by atoms with E-state index in [4.69, 9.17) is 0 Å². The average molecular weight is 451 g/mol. The second kappa shape index (κ2) is 6.28. The normalized spacial score (nSPS) is 11.1. The van der Waals surface area contributed by atoms with Crippen LogP contribution in [0.3, 0.4) is 0 Å². The first kappa shape index (κ1) is 14.2. The smallest absolute Gasteiger partial charge is 0.185 e. The fourth-order valence-electron chi connectivity index (χ4n) is 1.34. The first-order chi connectivity index (χ1) is 8.56. The van der Waals surface area contributed by atoms with Gasteiger partial charge < -0.3 is 0 Å². The van der Waals surface area contributed by atoms with Crippen LogP contribution in [0.5, 0.6) is 0 Å². The number of halogens is 3. The zero-order valence-electron chi connectivity index (χ0n) is 8.99. The van der Waals surface area contributed by atoms with Gasteiger partial charge in [-0.2, -0.15) is 0 Å². The summed E-state index contributed by atoms with van der Waals surface area (Å²) in [6.45, 7) is 0. The second-order valence-corrected chi connectivity index (χ2v) is 7.65. The lowest BCUT2D eigenvalue weighted by molar-refractivity contribution is 0.104. The lowest BCUT2D eigenvalue weighted by atomic mass is 10.1. The first-order valence-corrected chi connectivity index (χ1v) is 8.18. The van der Waals surface area contributed by atoms with Gasteiger partial charge >= 0.3 is 0 Å². The van der Waals surface area contributed by atoms with Crippen LogP contribution in [0.4, 0.5) is 0 Å². The average Bonchev–Trinajstić information content (AvgIpc) is 2.66. The molecule has 18 heavy (non-hydrogen) atoms. The molecule has 0 saturated carbocycles. The molecule has 0 atom stereocenters. The molecular weight excluding hydrogens is 444 g/mol. The molecule has 1 nitrogen and oxygen atoms in total. The highest BCUT2D eigenvalue weighted by Crippen LogP contribution is 2.33. The Labute approximate surface area is 134 Å². The molecule has 0 N–H and O–H groups in total. The molecule has 0 saturated heterocycles. The van der Waals surface area contributed by atoms with Crippen LogP contribution in [-0.2, 0) is 0 Å². The molecule has 0 aliphatic rings. The molecule has 0 radical (unpaired) electrons. The number of ketones is 1. The number of hydrogen-bond acceptors (Lipinski definition) is 2. The summed E-state index contributed by atoms with van der Waals surface area (Å²) in [7, 11) is 0. The Morgan fingerprint density at radius 3 is 2.56 bits per heavy atom. The molecule has 0 unspecified atom stereocenters. The predicted octanol–water partition coefficient (Wildman–Crippen LogP) is 5.93. The Bertz CT molecular complexity index is 597. The fraction of sp³-hybridized carbons (Fsp3) is 0. The third kappa shape index (κ3) is 3.63. The Morgan fingerprint density at radius 2 is 1.94 bits per heavy atom. The van der Waals surface area contributed by atoms with E-state index in [0.717, 1.165) is 17.6 Å².